The molecule has 0 bridgehead atoms. The number of pyridine rings is 6. The fraction of sp³-hybridized carbons (Fsp3) is 0.207. The van der Waals surface area contributed by atoms with E-state index in [9.17, 15) is 9.59 Å². The lowest BCUT2D eigenvalue weighted by atomic mass is 10.1. The average Bonchev–Trinajstić information content (AvgIpc) is 4.54. The highest BCUT2D eigenvalue weighted by Crippen LogP contribution is 2.26. The Kier molecular flexibility index (Phi) is 28.8. The molecule has 19 nitrogen and oxygen atoms in total. The van der Waals surface area contributed by atoms with E-state index in [1.54, 1.807) is 91.8 Å². The highest BCUT2D eigenvalue weighted by atomic mass is 35.5. The van der Waals surface area contributed by atoms with Crippen molar-refractivity contribution in [3.63, 3.8) is 0 Å². The number of hydrogen-bond donors (Lipinski definition) is 2. The molecule has 11 rings (SSSR count). The molecule has 1 fully saturated rings. The van der Waals surface area contributed by atoms with Crippen LogP contribution in [0.2, 0.25) is 15.5 Å². The van der Waals surface area contributed by atoms with Crippen LogP contribution in [0.15, 0.2) is 177 Å². The molecule has 424 valence electrons. The summed E-state index contributed by atoms with van der Waals surface area (Å²) in [4.78, 5) is 46.0. The van der Waals surface area contributed by atoms with Gasteiger partial charge in [-0.3, -0.25) is 50.1 Å². The third-order valence-electron chi connectivity index (χ3n) is 11.0. The Morgan fingerprint density at radius 1 is 0.646 bits per heavy atom. The minimum atomic E-state index is -1.08. The molecule has 24 heteroatoms. The highest BCUT2D eigenvalue weighted by Gasteiger charge is 2.29. The molecule has 0 radical (unpaired) electrons. The number of hydrazone groups is 1. The first kappa shape index (κ1) is 65.8. The maximum atomic E-state index is 11.2. The number of aryl methyl sites for hydroxylation is 2. The van der Waals surface area contributed by atoms with Crippen LogP contribution < -0.4 is 15.4 Å². The smallest absolute Gasteiger partial charge is 0.354 e. The van der Waals surface area contributed by atoms with Crippen molar-refractivity contribution in [2.45, 2.75) is 78.8 Å². The predicted octanol–water partition coefficient (Wildman–Crippen LogP) is 12.2. The molecular formula is C58H59Cl5N16O3. The summed E-state index contributed by atoms with van der Waals surface area (Å²) in [6.07, 6.45) is 31.5. The number of anilines is 2. The minimum Gasteiger partial charge on any atom is -0.477 e. The van der Waals surface area contributed by atoms with Crippen molar-refractivity contribution in [3.05, 3.63) is 204 Å². The number of nitrogens with zero attached hydrogens (tertiary/aromatic N) is 15. The van der Waals surface area contributed by atoms with Crippen LogP contribution in [0.1, 0.15) is 75.1 Å². The van der Waals surface area contributed by atoms with Crippen LogP contribution in [0.25, 0.3) is 17.1 Å². The first-order valence-corrected chi connectivity index (χ1v) is 26.6. The maximum absolute atomic E-state index is 11.2. The van der Waals surface area contributed by atoms with Gasteiger partial charge in [-0.1, -0.05) is 79.2 Å². The molecule has 2 unspecified atom stereocenters. The summed E-state index contributed by atoms with van der Waals surface area (Å²) in [6.45, 7) is 10.0. The lowest BCUT2D eigenvalue weighted by molar-refractivity contribution is -0.119. The van der Waals surface area contributed by atoms with Gasteiger partial charge in [0, 0.05) is 67.8 Å². The van der Waals surface area contributed by atoms with Gasteiger partial charge < -0.3 is 5.11 Å². The van der Waals surface area contributed by atoms with Crippen LogP contribution in [0.5, 0.6) is 0 Å². The first-order valence-electron chi connectivity index (χ1n) is 25.1. The van der Waals surface area contributed by atoms with Gasteiger partial charge in [0.1, 0.15) is 5.17 Å². The number of carboxylic acids is 1. The molecule has 2 aliphatic heterocycles. The van der Waals surface area contributed by atoms with E-state index in [-0.39, 0.29) is 35.2 Å². The van der Waals surface area contributed by atoms with Gasteiger partial charge >= 0.3 is 5.97 Å². The second kappa shape index (κ2) is 35.8. The van der Waals surface area contributed by atoms with Gasteiger partial charge in [-0.25, -0.2) is 18.8 Å². The van der Waals surface area contributed by atoms with Gasteiger partial charge in [0.15, 0.2) is 21.2 Å². The van der Waals surface area contributed by atoms with Gasteiger partial charge in [-0.2, -0.15) is 20.4 Å². The number of hydrogen-bond acceptors (Lipinski definition) is 14. The Balaban J connectivity index is 0.000000209. The van der Waals surface area contributed by atoms with Crippen molar-refractivity contribution in [1.82, 2.24) is 64.7 Å². The Bertz CT molecular complexity index is 3430. The van der Waals surface area contributed by atoms with Crippen LogP contribution in [0, 0.1) is 31.1 Å². The fourth-order valence-electron chi connectivity index (χ4n) is 7.25. The molecule has 2 N–H and O–H groups in total. The molecule has 2 aliphatic rings. The Labute approximate surface area is 502 Å². The van der Waals surface area contributed by atoms with Crippen molar-refractivity contribution in [1.29, 1.82) is 0 Å². The molecule has 1 amide bonds. The number of rotatable bonds is 9. The van der Waals surface area contributed by atoms with E-state index in [4.69, 9.17) is 57.9 Å². The van der Waals surface area contributed by atoms with E-state index < -0.39 is 5.97 Å². The lowest BCUT2D eigenvalue weighted by Gasteiger charge is -2.23. The summed E-state index contributed by atoms with van der Waals surface area (Å²) in [5, 5.41) is 30.9. The van der Waals surface area contributed by atoms with Crippen LogP contribution in [0.4, 0.5) is 11.4 Å². The predicted molar refractivity (Wildman–Crippen MR) is 326 cm³/mol. The number of halogens is 5. The molecule has 2 atom stereocenters. The molecule has 11 heterocycles. The number of aromatic carboxylic acids is 1. The zero-order valence-electron chi connectivity index (χ0n) is 45.3. The summed E-state index contributed by atoms with van der Waals surface area (Å²) in [5.41, 5.74) is 9.49. The third-order valence-corrected chi connectivity index (χ3v) is 11.8. The van der Waals surface area contributed by atoms with Gasteiger partial charge in [-0.05, 0) is 129 Å². The monoisotopic (exact) mass is 1200 g/mol. The molecule has 0 aliphatic carbocycles. The van der Waals surface area contributed by atoms with Crippen molar-refractivity contribution >= 4 is 87.2 Å². The minimum absolute atomic E-state index is 0. The summed E-state index contributed by atoms with van der Waals surface area (Å²) in [5.74, 6) is 6.08. The van der Waals surface area contributed by atoms with E-state index in [1.807, 2.05) is 101 Å². The quantitative estimate of drug-likeness (QED) is 0.129. The number of carbonyl (C=O) groups is 2. The first-order chi connectivity index (χ1) is 39.3. The molecular weight excluding hydrogens is 1150 g/mol. The van der Waals surface area contributed by atoms with E-state index in [2.05, 4.69) is 94.3 Å². The number of amides is 1. The normalized spacial score (nSPS) is 13.3. The van der Waals surface area contributed by atoms with Crippen molar-refractivity contribution in [3.8, 4) is 41.2 Å². The number of terminal acetylenes is 1. The van der Waals surface area contributed by atoms with Crippen molar-refractivity contribution < 1.29 is 14.7 Å². The van der Waals surface area contributed by atoms with E-state index in [1.165, 1.54) is 22.5 Å². The topological polar surface area (TPSA) is 216 Å². The molecule has 82 heavy (non-hydrogen) atoms. The molecule has 0 saturated carbocycles. The standard InChI is InChI=1S/C10H12ClN3.C10H10ClN3.C10H13N3O.C9H6ClN3O2.C8H6ClN3.C6H7N.C5H4.ClH/c2*1-2-8-6-10(11)13-14(8)9-4-3-5-12-7-9;1-2-8-6-10(14)12-13(8)9-4-3-5-11-7-9;10-8-4-7(9(14)15)13(12-8)6-2-1-3-11-5-6;9-8-3-5-12(11-8)7-2-1-4-10-6-7;1-6-3-2-4-7-5-6;1-3-5-4-2;/h3-5,7-8H,2,6H2,1H3;3-7H,2H2,1H3;3-5,7-8H,2,6H2,1H3,(H,12,14);1-5H,(H,14,15);1-6H;2-5H,1H3;1H,2H3;1H. The molecule has 9 aromatic heterocycles. The van der Waals surface area contributed by atoms with Crippen LogP contribution in [-0.2, 0) is 11.2 Å². The van der Waals surface area contributed by atoms with Crippen molar-refractivity contribution in [2.75, 3.05) is 10.0 Å². The summed E-state index contributed by atoms with van der Waals surface area (Å²) >= 11 is 23.1. The number of carboxylic acid groups (broad SMARTS) is 1. The maximum Gasteiger partial charge on any atom is 0.354 e. The van der Waals surface area contributed by atoms with Crippen LogP contribution in [-0.4, -0.2) is 93.5 Å². The largest absolute Gasteiger partial charge is 0.477 e. The van der Waals surface area contributed by atoms with Gasteiger partial charge in [0.05, 0.1) is 77.9 Å². The lowest BCUT2D eigenvalue weighted by Crippen LogP contribution is -2.38. The summed E-state index contributed by atoms with van der Waals surface area (Å²) in [6, 6.07) is 28.2. The molecule has 0 aromatic carbocycles. The van der Waals surface area contributed by atoms with E-state index in [0.29, 0.717) is 33.6 Å². The molecule has 1 saturated heterocycles. The number of aromatic nitrogens is 12. The van der Waals surface area contributed by atoms with E-state index >= 15 is 0 Å². The van der Waals surface area contributed by atoms with Gasteiger partial charge in [-0.15, -0.1) is 18.8 Å². The molecule has 9 aromatic rings. The zero-order chi connectivity index (χ0) is 58.4. The zero-order valence-corrected chi connectivity index (χ0v) is 49.2. The molecule has 0 spiro atoms. The SMILES string of the molecule is C#CC#CC.CCC1CC(=O)NN1c1cccnc1.CCC1CC(Cl)=NN1c1cccnc1.CCc1cc(Cl)nn1-c1cccnc1.Cc1cccnc1.Cl.Clc1ccn(-c2cccnc2)n1.O=C(O)c1cc(Cl)nn1-c1cccnc1. The number of carbonyl (C=O) groups excluding carboxylic acids is 1. The Morgan fingerprint density at radius 2 is 1.15 bits per heavy atom. The summed E-state index contributed by atoms with van der Waals surface area (Å²) in [7, 11) is 0. The average molecular weight is 1210 g/mol. The second-order valence-electron chi connectivity index (χ2n) is 16.7. The van der Waals surface area contributed by atoms with Gasteiger partial charge in [0.25, 0.3) is 0 Å². The van der Waals surface area contributed by atoms with Crippen molar-refractivity contribution in [2.24, 2.45) is 5.10 Å². The number of hydrazine groups is 1. The Hall–Kier alpha value is -8.69. The van der Waals surface area contributed by atoms with Gasteiger partial charge in [0.2, 0.25) is 5.91 Å². The summed E-state index contributed by atoms with van der Waals surface area (Å²) < 4.78 is 4.72. The Morgan fingerprint density at radius 3 is 1.57 bits per heavy atom. The second-order valence-corrected chi connectivity index (χ2v) is 18.3. The number of nitrogens with one attached hydrogen (secondary N) is 1. The fourth-order valence-corrected chi connectivity index (χ4v) is 8.03. The third kappa shape index (κ3) is 21.4. The van der Waals surface area contributed by atoms with E-state index in [0.717, 1.165) is 54.1 Å². The van der Waals surface area contributed by atoms with Crippen LogP contribution in [0.3, 0.4) is 0 Å². The van der Waals surface area contributed by atoms with Crippen LogP contribution >= 0.6 is 58.8 Å². The highest BCUT2D eigenvalue weighted by molar-refractivity contribution is 6.65.